The third-order valence-corrected chi connectivity index (χ3v) is 7.04. The second kappa shape index (κ2) is 7.29. The first-order chi connectivity index (χ1) is 13.1. The summed E-state index contributed by atoms with van der Waals surface area (Å²) in [5.74, 6) is 1.16. The minimum Gasteiger partial charge on any atom is -0.436 e. The van der Waals surface area contributed by atoms with Gasteiger partial charge in [0.15, 0.2) is 5.76 Å². The Morgan fingerprint density at radius 1 is 1.00 bits per heavy atom. The first kappa shape index (κ1) is 17.9. The van der Waals surface area contributed by atoms with Crippen molar-refractivity contribution in [1.29, 1.82) is 0 Å². The van der Waals surface area contributed by atoms with Gasteiger partial charge in [-0.25, -0.2) is 13.4 Å². The molecule has 0 aliphatic carbocycles. The van der Waals surface area contributed by atoms with Gasteiger partial charge in [-0.05, 0) is 44.0 Å². The third-order valence-electron chi connectivity index (χ3n) is 5.01. The summed E-state index contributed by atoms with van der Waals surface area (Å²) in [7, 11) is -3.47. The average Bonchev–Trinajstić information content (AvgIpc) is 3.19. The molecule has 1 unspecified atom stereocenters. The number of rotatable bonds is 4. The van der Waals surface area contributed by atoms with Gasteiger partial charge in [0, 0.05) is 23.7 Å². The van der Waals surface area contributed by atoms with E-state index in [1.54, 1.807) is 34.8 Å². The molecule has 0 N–H and O–H groups in total. The fourth-order valence-corrected chi connectivity index (χ4v) is 5.18. The van der Waals surface area contributed by atoms with Crippen LogP contribution in [0.25, 0.3) is 22.8 Å². The molecule has 1 saturated heterocycles. The van der Waals surface area contributed by atoms with Gasteiger partial charge in [-0.2, -0.15) is 4.31 Å². The highest BCUT2D eigenvalue weighted by Gasteiger charge is 2.30. The lowest BCUT2D eigenvalue weighted by atomic mass is 10.1. The fraction of sp³-hybridized carbons (Fsp3) is 0.286. The second-order valence-electron chi connectivity index (χ2n) is 6.88. The first-order valence-electron chi connectivity index (χ1n) is 9.19. The molecule has 0 radical (unpaired) electrons. The normalized spacial score (nSPS) is 18.5. The average molecular weight is 382 g/mol. The highest BCUT2D eigenvalue weighted by molar-refractivity contribution is 7.89. The maximum Gasteiger partial charge on any atom is 0.243 e. The summed E-state index contributed by atoms with van der Waals surface area (Å²) in [4.78, 5) is 4.64. The summed E-state index contributed by atoms with van der Waals surface area (Å²) >= 11 is 0. The van der Waals surface area contributed by atoms with Gasteiger partial charge in [0.1, 0.15) is 0 Å². The highest BCUT2D eigenvalue weighted by Crippen LogP contribution is 2.29. The van der Waals surface area contributed by atoms with Gasteiger partial charge in [0.25, 0.3) is 0 Å². The van der Waals surface area contributed by atoms with Crippen molar-refractivity contribution in [3.05, 3.63) is 60.8 Å². The first-order valence-corrected chi connectivity index (χ1v) is 10.6. The van der Waals surface area contributed by atoms with Crippen LogP contribution in [0, 0.1) is 0 Å². The van der Waals surface area contributed by atoms with E-state index in [4.69, 9.17) is 4.42 Å². The molecule has 4 rings (SSSR count). The summed E-state index contributed by atoms with van der Waals surface area (Å²) in [5.41, 5.74) is 1.71. The van der Waals surface area contributed by atoms with E-state index in [9.17, 15) is 8.42 Å². The summed E-state index contributed by atoms with van der Waals surface area (Å²) in [6.07, 6.45) is 4.60. The van der Waals surface area contributed by atoms with Gasteiger partial charge in [-0.1, -0.05) is 36.8 Å². The van der Waals surface area contributed by atoms with Crippen LogP contribution in [0.1, 0.15) is 26.2 Å². The van der Waals surface area contributed by atoms with Crippen LogP contribution in [0.2, 0.25) is 0 Å². The molecule has 1 fully saturated rings. The van der Waals surface area contributed by atoms with Crippen molar-refractivity contribution in [3.63, 3.8) is 0 Å². The lowest BCUT2D eigenvalue weighted by molar-refractivity contribution is 0.268. The van der Waals surface area contributed by atoms with E-state index in [1.807, 2.05) is 37.3 Å². The Morgan fingerprint density at radius 3 is 2.44 bits per heavy atom. The van der Waals surface area contributed by atoms with Crippen LogP contribution in [0.4, 0.5) is 0 Å². The minimum absolute atomic E-state index is 0.0450. The molecule has 2 aromatic carbocycles. The van der Waals surface area contributed by atoms with E-state index in [-0.39, 0.29) is 6.04 Å². The number of oxazole rings is 1. The topological polar surface area (TPSA) is 63.4 Å². The van der Waals surface area contributed by atoms with Gasteiger partial charge >= 0.3 is 0 Å². The van der Waals surface area contributed by atoms with Gasteiger partial charge in [0.05, 0.1) is 11.1 Å². The molecular formula is C21H22N2O3S. The number of nitrogens with zero attached hydrogens (tertiary/aromatic N) is 2. The number of benzene rings is 2. The number of piperidine rings is 1. The van der Waals surface area contributed by atoms with E-state index in [1.165, 1.54) is 0 Å². The van der Waals surface area contributed by atoms with Crippen LogP contribution in [-0.2, 0) is 10.0 Å². The van der Waals surface area contributed by atoms with E-state index in [0.29, 0.717) is 23.1 Å². The predicted octanol–water partition coefficient (Wildman–Crippen LogP) is 4.57. The van der Waals surface area contributed by atoms with Crippen molar-refractivity contribution in [3.8, 4) is 22.8 Å². The lowest BCUT2D eigenvalue weighted by Crippen LogP contribution is -2.41. The van der Waals surface area contributed by atoms with Crippen molar-refractivity contribution in [2.45, 2.75) is 37.1 Å². The smallest absolute Gasteiger partial charge is 0.243 e. The Bertz CT molecular complexity index is 1010. The van der Waals surface area contributed by atoms with Crippen LogP contribution in [0.3, 0.4) is 0 Å². The summed E-state index contributed by atoms with van der Waals surface area (Å²) in [6.45, 7) is 2.56. The summed E-state index contributed by atoms with van der Waals surface area (Å²) in [5, 5.41) is 0. The van der Waals surface area contributed by atoms with Crippen molar-refractivity contribution in [2.24, 2.45) is 0 Å². The van der Waals surface area contributed by atoms with Crippen LogP contribution in [0.15, 0.2) is 70.1 Å². The number of aromatic nitrogens is 1. The summed E-state index contributed by atoms with van der Waals surface area (Å²) < 4.78 is 33.3. The van der Waals surface area contributed by atoms with Crippen molar-refractivity contribution in [1.82, 2.24) is 9.29 Å². The molecular weight excluding hydrogens is 360 g/mol. The maximum absolute atomic E-state index is 12.9. The summed E-state index contributed by atoms with van der Waals surface area (Å²) in [6, 6.07) is 16.6. The molecule has 1 aromatic heterocycles. The van der Waals surface area contributed by atoms with Gasteiger partial charge in [-0.3, -0.25) is 0 Å². The molecule has 1 aliphatic heterocycles. The Balaban J connectivity index is 1.58. The Labute approximate surface area is 159 Å². The molecule has 0 spiro atoms. The zero-order chi connectivity index (χ0) is 18.9. The molecule has 0 saturated carbocycles. The third kappa shape index (κ3) is 3.55. The molecule has 27 heavy (non-hydrogen) atoms. The fourth-order valence-electron chi connectivity index (χ4n) is 3.48. The Hall–Kier alpha value is -2.44. The molecule has 3 aromatic rings. The van der Waals surface area contributed by atoms with Crippen molar-refractivity contribution < 1.29 is 12.8 Å². The molecule has 6 heteroatoms. The second-order valence-corrected chi connectivity index (χ2v) is 8.77. The molecule has 0 bridgehead atoms. The Kier molecular flexibility index (Phi) is 4.85. The number of hydrogen-bond donors (Lipinski definition) is 0. The van der Waals surface area contributed by atoms with Crippen LogP contribution >= 0.6 is 0 Å². The van der Waals surface area contributed by atoms with Crippen LogP contribution < -0.4 is 0 Å². The van der Waals surface area contributed by atoms with Crippen LogP contribution in [-0.4, -0.2) is 30.3 Å². The lowest BCUT2D eigenvalue weighted by Gasteiger charge is -2.32. The highest BCUT2D eigenvalue weighted by atomic mass is 32.2. The molecule has 5 nitrogen and oxygen atoms in total. The molecule has 1 atom stereocenters. The van der Waals surface area contributed by atoms with E-state index in [2.05, 4.69) is 4.98 Å². The zero-order valence-electron chi connectivity index (χ0n) is 15.2. The molecule has 1 aliphatic rings. The monoisotopic (exact) mass is 382 g/mol. The van der Waals surface area contributed by atoms with E-state index in [0.717, 1.165) is 30.4 Å². The SMILES string of the molecule is CC1CCCCN1S(=O)(=O)c1ccc(-c2ncc(-c3ccccc3)o2)cc1. The van der Waals surface area contributed by atoms with Crippen molar-refractivity contribution in [2.75, 3.05) is 6.54 Å². The molecule has 2 heterocycles. The number of sulfonamides is 1. The van der Waals surface area contributed by atoms with Crippen molar-refractivity contribution >= 4 is 10.0 Å². The van der Waals surface area contributed by atoms with Gasteiger partial charge in [0.2, 0.25) is 15.9 Å². The molecule has 0 amide bonds. The van der Waals surface area contributed by atoms with Gasteiger partial charge in [-0.15, -0.1) is 0 Å². The maximum atomic E-state index is 12.9. The zero-order valence-corrected chi connectivity index (χ0v) is 16.0. The van der Waals surface area contributed by atoms with Gasteiger partial charge < -0.3 is 4.42 Å². The quantitative estimate of drug-likeness (QED) is 0.663. The number of hydrogen-bond acceptors (Lipinski definition) is 4. The Morgan fingerprint density at radius 2 is 1.74 bits per heavy atom. The molecule has 140 valence electrons. The van der Waals surface area contributed by atoms with E-state index < -0.39 is 10.0 Å². The van der Waals surface area contributed by atoms with E-state index >= 15 is 0 Å². The minimum atomic E-state index is -3.47. The van der Waals surface area contributed by atoms with Crippen LogP contribution in [0.5, 0.6) is 0 Å². The standard InChI is InChI=1S/C21H22N2O3S/c1-16-7-5-6-14-23(16)27(24,25)19-12-10-18(11-13-19)21-22-15-20(26-21)17-8-3-2-4-9-17/h2-4,8-13,15-16H,5-7,14H2,1H3. The predicted molar refractivity (Wildman–Crippen MR) is 105 cm³/mol. The largest absolute Gasteiger partial charge is 0.436 e.